The first-order chi connectivity index (χ1) is 51.3. The smallest absolute Gasteiger partial charge is 0.0468 e. The highest BCUT2D eigenvalue weighted by Gasteiger charge is 2.24. The Morgan fingerprint density at radius 2 is 0.324 bits per heavy atom. The van der Waals surface area contributed by atoms with Crippen LogP contribution >= 0.6 is 34.0 Å². The van der Waals surface area contributed by atoms with Crippen LogP contribution in [0.3, 0.4) is 0 Å². The largest absolute Gasteiger partial charge is 0.310 e. The Morgan fingerprint density at radius 3 is 0.533 bits per heavy atom. The fourth-order valence-corrected chi connectivity index (χ4v) is 18.4. The molecular formula is C97H75N5S3. The van der Waals surface area contributed by atoms with Crippen molar-refractivity contribution in [1.29, 1.82) is 0 Å². The van der Waals surface area contributed by atoms with Crippen molar-refractivity contribution >= 4 is 180 Å². The molecule has 0 radical (unpaired) electrons. The molecule has 0 aliphatic heterocycles. The van der Waals surface area contributed by atoms with Crippen molar-refractivity contribution in [3.05, 3.63) is 367 Å². The van der Waals surface area contributed by atoms with Crippen molar-refractivity contribution < 1.29 is 0 Å². The minimum Gasteiger partial charge on any atom is -0.310 e. The number of nitrogens with zero attached hydrogens (tertiary/aromatic N) is 5. The van der Waals surface area contributed by atoms with Crippen molar-refractivity contribution in [2.75, 3.05) is 24.5 Å². The zero-order valence-corrected chi connectivity index (χ0v) is 62.1. The van der Waals surface area contributed by atoms with Gasteiger partial charge in [0.15, 0.2) is 0 Å². The van der Waals surface area contributed by atoms with E-state index in [0.29, 0.717) is 0 Å². The molecule has 3 aromatic heterocycles. The molecule has 0 spiro atoms. The molecule has 0 saturated heterocycles. The lowest BCUT2D eigenvalue weighted by atomic mass is 10.0. The van der Waals surface area contributed by atoms with Crippen LogP contribution in [-0.4, -0.2) is 0 Å². The number of thiophene rings is 3. The lowest BCUT2D eigenvalue weighted by Crippen LogP contribution is -2.10. The standard InChI is InChI=1S/C97H75N5S3/c1-62-26-32-71(33-27-62)98(74-20-8-14-63(2)50-74)72-34-28-69(29-35-72)70-30-36-73(37-31-70)99(75-21-9-15-64(3)51-75)80-38-44-92-86(56-80)88-58-82(40-46-94(88)103-92)101(78-24-12-18-67(6)54-78)84-42-48-96-90(60-84)91-61-85(43-49-97(91)105-96)102(79-25-13-19-68(7)55-79)83-41-47-95-89(59-83)87-57-81(39-45-93(87)104-95)100(76-22-10-16-65(4)52-76)77-23-11-17-66(5)53-77/h8-61H,1-7H3. The van der Waals surface area contributed by atoms with Gasteiger partial charge in [0, 0.05) is 146 Å². The molecule has 18 aromatic rings. The topological polar surface area (TPSA) is 16.2 Å². The molecule has 0 aliphatic rings. The molecule has 506 valence electrons. The van der Waals surface area contributed by atoms with Gasteiger partial charge in [-0.05, 0) is 311 Å². The van der Waals surface area contributed by atoms with Gasteiger partial charge in [-0.15, -0.1) is 34.0 Å². The molecule has 0 N–H and O–H groups in total. The molecule has 105 heavy (non-hydrogen) atoms. The van der Waals surface area contributed by atoms with Crippen LogP contribution in [0.1, 0.15) is 38.9 Å². The molecule has 0 atom stereocenters. The Labute approximate surface area is 625 Å². The number of hydrogen-bond donors (Lipinski definition) is 0. The molecule has 0 amide bonds. The molecule has 3 heterocycles. The van der Waals surface area contributed by atoms with E-state index in [1.165, 1.54) is 99.5 Å². The molecule has 0 bridgehead atoms. The van der Waals surface area contributed by atoms with E-state index < -0.39 is 0 Å². The van der Waals surface area contributed by atoms with Crippen molar-refractivity contribution in [3.63, 3.8) is 0 Å². The average molecular weight is 1410 g/mol. The summed E-state index contributed by atoms with van der Waals surface area (Å²) in [6, 6.07) is 122. The van der Waals surface area contributed by atoms with Gasteiger partial charge in [0.2, 0.25) is 0 Å². The highest BCUT2D eigenvalue weighted by atomic mass is 32.1. The Balaban J connectivity index is 0.704. The SMILES string of the molecule is Cc1ccc(N(c2ccc(-c3ccc(N(c4cccc(C)c4)c4ccc5sc6ccc(N(c7cccc(C)c7)c7ccc8sc9ccc(N(c%10cccc(C)c%10)c%10ccc%11sc%12ccc(N(c%13cccc(C)c%13)c%13cccc(C)c%13)cc%12c%11c%10)cc9c8c7)cc6c5c4)cc3)cc2)c2cccc(C)c2)cc1. The zero-order chi connectivity index (χ0) is 71.0. The number of fused-ring (bicyclic) bond motifs is 9. The first-order valence-corrected chi connectivity index (χ1v) is 38.3. The minimum absolute atomic E-state index is 1.09. The van der Waals surface area contributed by atoms with Gasteiger partial charge in [0.1, 0.15) is 0 Å². The third-order valence-electron chi connectivity index (χ3n) is 20.3. The summed E-state index contributed by atoms with van der Waals surface area (Å²) in [5, 5.41) is 7.38. The van der Waals surface area contributed by atoms with E-state index in [2.05, 4.69) is 401 Å². The highest BCUT2D eigenvalue weighted by Crippen LogP contribution is 2.50. The van der Waals surface area contributed by atoms with Gasteiger partial charge in [-0.1, -0.05) is 115 Å². The van der Waals surface area contributed by atoms with Crippen LogP contribution in [0.4, 0.5) is 85.3 Å². The Bertz CT molecular complexity index is 6310. The second kappa shape index (κ2) is 27.0. The molecule has 0 aliphatic carbocycles. The van der Waals surface area contributed by atoms with Gasteiger partial charge in [-0.2, -0.15) is 0 Å². The van der Waals surface area contributed by atoms with Gasteiger partial charge < -0.3 is 24.5 Å². The molecule has 0 fully saturated rings. The summed E-state index contributed by atoms with van der Waals surface area (Å²) >= 11 is 5.57. The van der Waals surface area contributed by atoms with Crippen molar-refractivity contribution in [3.8, 4) is 11.1 Å². The molecular weight excluding hydrogens is 1330 g/mol. The monoisotopic (exact) mass is 1410 g/mol. The van der Waals surface area contributed by atoms with Crippen LogP contribution in [0.2, 0.25) is 0 Å². The summed E-state index contributed by atoms with van der Waals surface area (Å²) < 4.78 is 7.52. The highest BCUT2D eigenvalue weighted by molar-refractivity contribution is 7.26. The van der Waals surface area contributed by atoms with Gasteiger partial charge in [-0.3, -0.25) is 0 Å². The Morgan fingerprint density at radius 1 is 0.152 bits per heavy atom. The molecule has 18 rings (SSSR count). The molecule has 0 unspecified atom stereocenters. The number of benzene rings is 15. The third kappa shape index (κ3) is 12.5. The van der Waals surface area contributed by atoms with Gasteiger partial charge in [0.25, 0.3) is 0 Å². The first kappa shape index (κ1) is 65.0. The second-order valence-corrected chi connectivity index (χ2v) is 31.3. The van der Waals surface area contributed by atoms with E-state index in [-0.39, 0.29) is 0 Å². The van der Waals surface area contributed by atoms with Crippen LogP contribution < -0.4 is 24.5 Å². The van der Waals surface area contributed by atoms with Crippen LogP contribution in [0.15, 0.2) is 328 Å². The summed E-state index contributed by atoms with van der Waals surface area (Å²) in [7, 11) is 0. The first-order valence-electron chi connectivity index (χ1n) is 35.9. The van der Waals surface area contributed by atoms with Crippen molar-refractivity contribution in [2.24, 2.45) is 0 Å². The lowest BCUT2D eigenvalue weighted by molar-refractivity contribution is 1.26. The van der Waals surface area contributed by atoms with Crippen molar-refractivity contribution in [2.45, 2.75) is 48.5 Å². The van der Waals surface area contributed by atoms with E-state index >= 15 is 0 Å². The summed E-state index contributed by atoms with van der Waals surface area (Å²) in [6.45, 7) is 15.2. The summed E-state index contributed by atoms with van der Waals surface area (Å²) in [5.74, 6) is 0. The second-order valence-electron chi connectivity index (χ2n) is 28.0. The third-order valence-corrected chi connectivity index (χ3v) is 23.7. The fourth-order valence-electron chi connectivity index (χ4n) is 15.2. The van der Waals surface area contributed by atoms with Gasteiger partial charge in [0.05, 0.1) is 0 Å². The van der Waals surface area contributed by atoms with E-state index in [0.717, 1.165) is 96.4 Å². The molecule has 0 saturated carbocycles. The van der Waals surface area contributed by atoms with Gasteiger partial charge >= 0.3 is 0 Å². The number of anilines is 15. The quantitative estimate of drug-likeness (QED) is 0.0955. The Kier molecular flexibility index (Phi) is 16.7. The normalized spacial score (nSPS) is 11.6. The van der Waals surface area contributed by atoms with E-state index in [4.69, 9.17) is 0 Å². The van der Waals surface area contributed by atoms with E-state index in [1.807, 2.05) is 34.0 Å². The predicted octanol–water partition coefficient (Wildman–Crippen LogP) is 30.0. The summed E-state index contributed by atoms with van der Waals surface area (Å²) in [4.78, 5) is 12.1. The maximum atomic E-state index is 2.46. The van der Waals surface area contributed by atoms with Crippen molar-refractivity contribution in [1.82, 2.24) is 0 Å². The maximum absolute atomic E-state index is 2.46. The average Bonchev–Trinajstić information content (AvgIpc) is 1.60. The molecule has 5 nitrogen and oxygen atoms in total. The van der Waals surface area contributed by atoms with E-state index in [1.54, 1.807) is 0 Å². The van der Waals surface area contributed by atoms with Crippen LogP contribution in [0.25, 0.3) is 71.6 Å². The number of aryl methyl sites for hydroxylation is 7. The number of rotatable bonds is 16. The zero-order valence-electron chi connectivity index (χ0n) is 59.6. The van der Waals surface area contributed by atoms with E-state index in [9.17, 15) is 0 Å². The molecule has 8 heteroatoms. The predicted molar refractivity (Wildman–Crippen MR) is 457 cm³/mol. The van der Waals surface area contributed by atoms with Crippen LogP contribution in [0.5, 0.6) is 0 Å². The number of hydrogen-bond acceptors (Lipinski definition) is 8. The minimum atomic E-state index is 1.09. The van der Waals surface area contributed by atoms with Crippen LogP contribution in [0, 0.1) is 48.5 Å². The lowest BCUT2D eigenvalue weighted by Gasteiger charge is -2.27. The van der Waals surface area contributed by atoms with Gasteiger partial charge in [-0.25, -0.2) is 0 Å². The Hall–Kier alpha value is -12.0. The fraction of sp³-hybridized carbons (Fsp3) is 0.0722. The summed E-state index contributed by atoms with van der Waals surface area (Å²) in [5.41, 5.74) is 27.6. The maximum Gasteiger partial charge on any atom is 0.0468 e. The summed E-state index contributed by atoms with van der Waals surface area (Å²) in [6.07, 6.45) is 0. The molecule has 15 aromatic carbocycles. The van der Waals surface area contributed by atoms with Crippen LogP contribution in [-0.2, 0) is 0 Å².